The van der Waals surface area contributed by atoms with E-state index in [4.69, 9.17) is 0 Å². The van der Waals surface area contributed by atoms with E-state index >= 15 is 0 Å². The molecular formula is C23H21IN2S2. The summed E-state index contributed by atoms with van der Waals surface area (Å²) in [5.74, 6) is 0. The van der Waals surface area contributed by atoms with Gasteiger partial charge in [0, 0.05) is 17.5 Å². The lowest BCUT2D eigenvalue weighted by molar-refractivity contribution is -0.658. The molecule has 0 atom stereocenters. The van der Waals surface area contributed by atoms with Gasteiger partial charge in [-0.3, -0.25) is 0 Å². The maximum atomic E-state index is 4.15. The number of hydrogen-bond donors (Lipinski definition) is 0. The van der Waals surface area contributed by atoms with Gasteiger partial charge in [0.25, 0.3) is 5.01 Å². The smallest absolute Gasteiger partial charge is 0.273 e. The number of benzene rings is 2. The summed E-state index contributed by atoms with van der Waals surface area (Å²) in [7, 11) is 0. The van der Waals surface area contributed by atoms with Gasteiger partial charge in [0.1, 0.15) is 4.70 Å². The van der Waals surface area contributed by atoms with E-state index in [9.17, 15) is 0 Å². The SMILES string of the molecule is C=CCN1/C(=C(\C=C)c2sc3ccccc3[n+]2CC=C)Sc2ccccc21.[I-]. The van der Waals surface area contributed by atoms with Crippen LogP contribution in [0.2, 0.25) is 0 Å². The molecule has 0 bridgehead atoms. The lowest BCUT2D eigenvalue weighted by atomic mass is 10.2. The molecule has 0 saturated carbocycles. The zero-order valence-electron chi connectivity index (χ0n) is 15.5. The van der Waals surface area contributed by atoms with Crippen LogP contribution in [0, 0.1) is 0 Å². The molecule has 2 heterocycles. The minimum absolute atomic E-state index is 0. The third-order valence-electron chi connectivity index (χ3n) is 4.50. The standard InChI is InChI=1S/C23H21N2S2.HI/c1-4-15-24-18-11-7-9-13-20(18)26-22(24)17(6-3)23-25(16-5-2)19-12-8-10-14-21(19)27-23;/h4-14H,1-3,15-16H2;1H/q+1;/p-1. The Labute approximate surface area is 191 Å². The van der Waals surface area contributed by atoms with Crippen molar-refractivity contribution in [3.05, 3.63) is 96.5 Å². The first-order valence-electron chi connectivity index (χ1n) is 8.83. The molecular weight excluding hydrogens is 495 g/mol. The average Bonchev–Trinajstić information content (AvgIpc) is 3.23. The van der Waals surface area contributed by atoms with E-state index in [1.807, 2.05) is 18.2 Å². The van der Waals surface area contributed by atoms with Crippen LogP contribution >= 0.6 is 23.1 Å². The molecule has 0 radical (unpaired) electrons. The first-order chi connectivity index (χ1) is 13.3. The number of allylic oxidation sites excluding steroid dienone is 3. The van der Waals surface area contributed by atoms with E-state index in [2.05, 4.69) is 77.7 Å². The van der Waals surface area contributed by atoms with Gasteiger partial charge in [-0.2, -0.15) is 4.57 Å². The average molecular weight is 516 g/mol. The van der Waals surface area contributed by atoms with Crippen LogP contribution < -0.4 is 33.4 Å². The molecule has 5 heteroatoms. The third-order valence-corrected chi connectivity index (χ3v) is 6.90. The molecule has 4 rings (SSSR count). The van der Waals surface area contributed by atoms with Crippen molar-refractivity contribution in [1.82, 2.24) is 0 Å². The molecule has 1 aliphatic rings. The van der Waals surface area contributed by atoms with Crippen LogP contribution in [0.15, 0.2) is 96.4 Å². The van der Waals surface area contributed by atoms with Crippen molar-refractivity contribution in [2.24, 2.45) is 0 Å². The lowest BCUT2D eigenvalue weighted by Gasteiger charge is -2.19. The second kappa shape index (κ2) is 9.11. The van der Waals surface area contributed by atoms with Crippen LogP contribution in [0.3, 0.4) is 0 Å². The minimum atomic E-state index is 0. The van der Waals surface area contributed by atoms with Gasteiger partial charge in [-0.25, -0.2) is 0 Å². The van der Waals surface area contributed by atoms with Crippen molar-refractivity contribution in [3.8, 4) is 0 Å². The number of thioether (sulfide) groups is 1. The second-order valence-corrected chi connectivity index (χ2v) is 8.23. The van der Waals surface area contributed by atoms with Gasteiger partial charge >= 0.3 is 0 Å². The molecule has 0 aliphatic carbocycles. The van der Waals surface area contributed by atoms with Crippen LogP contribution in [-0.4, -0.2) is 6.54 Å². The number of para-hydroxylation sites is 2. The molecule has 0 fully saturated rings. The van der Waals surface area contributed by atoms with Crippen LogP contribution in [-0.2, 0) is 6.54 Å². The number of halogens is 1. The van der Waals surface area contributed by atoms with Gasteiger partial charge in [0.2, 0.25) is 5.52 Å². The van der Waals surface area contributed by atoms with Crippen molar-refractivity contribution in [1.29, 1.82) is 0 Å². The summed E-state index contributed by atoms with van der Waals surface area (Å²) in [5.41, 5.74) is 3.61. The molecule has 2 aromatic carbocycles. The van der Waals surface area contributed by atoms with Gasteiger partial charge in [-0.05, 0) is 24.3 Å². The summed E-state index contributed by atoms with van der Waals surface area (Å²) in [4.78, 5) is 3.59. The molecule has 1 aliphatic heterocycles. The largest absolute Gasteiger partial charge is 1.00 e. The highest BCUT2D eigenvalue weighted by Crippen LogP contribution is 2.49. The van der Waals surface area contributed by atoms with Crippen molar-refractivity contribution in [2.75, 3.05) is 11.4 Å². The molecule has 0 spiro atoms. The van der Waals surface area contributed by atoms with Gasteiger partial charge in [0.15, 0.2) is 6.54 Å². The summed E-state index contributed by atoms with van der Waals surface area (Å²) < 4.78 is 3.59. The van der Waals surface area contributed by atoms with Gasteiger partial charge in [-0.1, -0.05) is 72.7 Å². The molecule has 0 saturated heterocycles. The van der Waals surface area contributed by atoms with E-state index < -0.39 is 0 Å². The quantitative estimate of drug-likeness (QED) is 0.283. The minimum Gasteiger partial charge on any atom is -1.00 e. The highest BCUT2D eigenvalue weighted by atomic mass is 127. The number of rotatable bonds is 6. The number of fused-ring (bicyclic) bond motifs is 2. The fourth-order valence-electron chi connectivity index (χ4n) is 3.36. The molecule has 3 aromatic rings. The number of aromatic nitrogens is 1. The fourth-order valence-corrected chi connectivity index (χ4v) is 5.84. The predicted octanol–water partition coefficient (Wildman–Crippen LogP) is 3.03. The van der Waals surface area contributed by atoms with Crippen molar-refractivity contribution in [3.63, 3.8) is 0 Å². The van der Waals surface area contributed by atoms with E-state index in [0.717, 1.165) is 18.7 Å². The lowest BCUT2D eigenvalue weighted by Crippen LogP contribution is -3.00. The van der Waals surface area contributed by atoms with E-state index in [0.29, 0.717) is 0 Å². The van der Waals surface area contributed by atoms with Crippen molar-refractivity contribution in [2.45, 2.75) is 11.4 Å². The highest BCUT2D eigenvalue weighted by Gasteiger charge is 2.31. The van der Waals surface area contributed by atoms with E-state index in [-0.39, 0.29) is 24.0 Å². The monoisotopic (exact) mass is 516 g/mol. The molecule has 0 amide bonds. The summed E-state index contributed by atoms with van der Waals surface area (Å²) in [6, 6.07) is 17.0. The predicted molar refractivity (Wildman–Crippen MR) is 119 cm³/mol. The zero-order chi connectivity index (χ0) is 18.8. The second-order valence-electron chi connectivity index (χ2n) is 6.17. The number of thiazole rings is 1. The first-order valence-corrected chi connectivity index (χ1v) is 10.5. The van der Waals surface area contributed by atoms with Gasteiger partial charge in [-0.15, -0.1) is 6.58 Å². The van der Waals surface area contributed by atoms with Gasteiger partial charge < -0.3 is 28.9 Å². The normalized spacial score (nSPS) is 14.4. The number of nitrogens with zero attached hydrogens (tertiary/aromatic N) is 2. The van der Waals surface area contributed by atoms with Crippen LogP contribution in [0.1, 0.15) is 5.01 Å². The van der Waals surface area contributed by atoms with E-state index in [1.165, 1.54) is 30.8 Å². The Bertz CT molecular complexity index is 1080. The maximum Gasteiger partial charge on any atom is 0.273 e. The molecule has 28 heavy (non-hydrogen) atoms. The first kappa shape index (κ1) is 20.9. The molecule has 1 aromatic heterocycles. The Morgan fingerprint density at radius 2 is 1.75 bits per heavy atom. The fraction of sp³-hybridized carbons (Fsp3) is 0.0870. The Kier molecular flexibility index (Phi) is 6.80. The Morgan fingerprint density at radius 1 is 1.00 bits per heavy atom. The Morgan fingerprint density at radius 3 is 2.50 bits per heavy atom. The van der Waals surface area contributed by atoms with Crippen molar-refractivity contribution < 1.29 is 28.5 Å². The summed E-state index contributed by atoms with van der Waals surface area (Å²) >= 11 is 3.60. The summed E-state index contributed by atoms with van der Waals surface area (Å²) in [6.07, 6.45) is 5.88. The van der Waals surface area contributed by atoms with Gasteiger partial charge in [0.05, 0.1) is 16.3 Å². The highest BCUT2D eigenvalue weighted by molar-refractivity contribution is 8.04. The molecule has 142 valence electrons. The van der Waals surface area contributed by atoms with Crippen LogP contribution in [0.4, 0.5) is 5.69 Å². The third kappa shape index (κ3) is 3.58. The molecule has 0 unspecified atom stereocenters. The summed E-state index contributed by atoms with van der Waals surface area (Å²) in [6.45, 7) is 13.6. The molecule has 0 N–H and O–H groups in total. The Hall–Kier alpha value is -1.83. The van der Waals surface area contributed by atoms with Crippen molar-refractivity contribution >= 4 is 44.6 Å². The Balaban J connectivity index is 0.00000225. The molecule has 2 nitrogen and oxygen atoms in total. The topological polar surface area (TPSA) is 7.12 Å². The zero-order valence-corrected chi connectivity index (χ0v) is 19.3. The summed E-state index contributed by atoms with van der Waals surface area (Å²) in [5, 5.41) is 2.41. The van der Waals surface area contributed by atoms with Crippen LogP contribution in [0.5, 0.6) is 0 Å². The number of anilines is 1. The van der Waals surface area contributed by atoms with Crippen LogP contribution in [0.25, 0.3) is 15.8 Å². The number of hydrogen-bond acceptors (Lipinski definition) is 3. The van der Waals surface area contributed by atoms with E-state index in [1.54, 1.807) is 23.1 Å². The maximum absolute atomic E-state index is 4.15.